The summed E-state index contributed by atoms with van der Waals surface area (Å²) in [5, 5.41) is 7.10. The second-order valence-corrected chi connectivity index (χ2v) is 8.18. The first-order valence-corrected chi connectivity index (χ1v) is 10.9. The van der Waals surface area contributed by atoms with Gasteiger partial charge in [0.2, 0.25) is 0 Å². The Morgan fingerprint density at radius 2 is 1.75 bits per heavy atom. The number of benzene rings is 1. The molecule has 2 aliphatic rings. The highest BCUT2D eigenvalue weighted by Gasteiger charge is 2.20. The van der Waals surface area contributed by atoms with Gasteiger partial charge in [0.15, 0.2) is 0 Å². The van der Waals surface area contributed by atoms with Crippen molar-refractivity contribution in [2.75, 3.05) is 42.9 Å². The molecule has 0 amide bonds. The lowest BCUT2D eigenvalue weighted by Crippen LogP contribution is -2.36. The Balaban J connectivity index is 1.22. The van der Waals surface area contributed by atoms with Crippen molar-refractivity contribution in [1.82, 2.24) is 15.3 Å². The average Bonchev–Trinajstić information content (AvgIpc) is 2.79. The molecule has 0 unspecified atom stereocenters. The summed E-state index contributed by atoms with van der Waals surface area (Å²) in [6.07, 6.45) is 9.72. The third-order valence-electron chi connectivity index (χ3n) is 6.31. The van der Waals surface area contributed by atoms with Gasteiger partial charge in [0.25, 0.3) is 0 Å². The van der Waals surface area contributed by atoms with E-state index >= 15 is 0 Å². The third kappa shape index (κ3) is 4.82. The fraction of sp³-hybridized carbons (Fsp3) is 0.565. The van der Waals surface area contributed by atoms with Crippen LogP contribution in [-0.4, -0.2) is 42.7 Å². The highest BCUT2D eigenvalue weighted by Crippen LogP contribution is 2.27. The minimum Gasteiger partial charge on any atom is -0.385 e. The molecule has 2 N–H and O–H groups in total. The van der Waals surface area contributed by atoms with E-state index < -0.39 is 0 Å². The average molecular weight is 380 g/mol. The molecule has 0 bridgehead atoms. The van der Waals surface area contributed by atoms with Gasteiger partial charge in [-0.2, -0.15) is 0 Å². The van der Waals surface area contributed by atoms with Crippen molar-refractivity contribution in [3.63, 3.8) is 0 Å². The number of anilines is 2. The highest BCUT2D eigenvalue weighted by atomic mass is 15.2. The lowest BCUT2D eigenvalue weighted by atomic mass is 9.90. The van der Waals surface area contributed by atoms with Crippen LogP contribution in [-0.2, 0) is 6.42 Å². The van der Waals surface area contributed by atoms with E-state index in [0.717, 1.165) is 62.5 Å². The quantitative estimate of drug-likeness (QED) is 0.799. The van der Waals surface area contributed by atoms with Gasteiger partial charge in [-0.1, -0.05) is 19.1 Å². The molecule has 5 heteroatoms. The molecule has 2 aliphatic heterocycles. The SMILES string of the molecule is CCc1cnc(N2CCC(CNc3ccc(C4CCNCC4)cc3)CC2)cn1. The standard InChI is InChI=1S/C23H33N5/c1-2-21-16-27-23(17-26-21)28-13-9-18(10-14-28)15-25-22-5-3-19(4-6-22)20-7-11-24-12-8-20/h3-6,16-18,20,24-25H,2,7-15H2,1H3. The summed E-state index contributed by atoms with van der Waals surface area (Å²) >= 11 is 0. The summed E-state index contributed by atoms with van der Waals surface area (Å²) in [6, 6.07) is 9.16. The van der Waals surface area contributed by atoms with Gasteiger partial charge in [-0.15, -0.1) is 0 Å². The topological polar surface area (TPSA) is 53.1 Å². The molecular formula is C23H33N5. The monoisotopic (exact) mass is 379 g/mol. The molecule has 2 fully saturated rings. The summed E-state index contributed by atoms with van der Waals surface area (Å²) in [4.78, 5) is 11.4. The number of piperidine rings is 2. The fourth-order valence-corrected chi connectivity index (χ4v) is 4.35. The normalized spacial score (nSPS) is 19.0. The maximum absolute atomic E-state index is 4.58. The molecule has 0 radical (unpaired) electrons. The van der Waals surface area contributed by atoms with Crippen LogP contribution < -0.4 is 15.5 Å². The molecule has 0 saturated carbocycles. The Bertz CT molecular complexity index is 714. The maximum Gasteiger partial charge on any atom is 0.147 e. The Morgan fingerprint density at radius 1 is 1.00 bits per heavy atom. The molecule has 150 valence electrons. The predicted octanol–water partition coefficient (Wildman–Crippen LogP) is 3.83. The van der Waals surface area contributed by atoms with Crippen molar-refractivity contribution < 1.29 is 0 Å². The van der Waals surface area contributed by atoms with E-state index in [2.05, 4.69) is 56.7 Å². The molecule has 2 saturated heterocycles. The number of nitrogens with zero attached hydrogens (tertiary/aromatic N) is 3. The van der Waals surface area contributed by atoms with Crippen LogP contribution in [0.25, 0.3) is 0 Å². The molecule has 5 nitrogen and oxygen atoms in total. The van der Waals surface area contributed by atoms with E-state index in [0.29, 0.717) is 0 Å². The number of hydrogen-bond donors (Lipinski definition) is 2. The molecule has 2 aromatic rings. The molecule has 3 heterocycles. The van der Waals surface area contributed by atoms with Crippen LogP contribution in [0.1, 0.15) is 49.8 Å². The first-order chi connectivity index (χ1) is 13.8. The largest absolute Gasteiger partial charge is 0.385 e. The van der Waals surface area contributed by atoms with Crippen LogP contribution in [0, 0.1) is 5.92 Å². The van der Waals surface area contributed by atoms with Gasteiger partial charge in [0.1, 0.15) is 5.82 Å². The van der Waals surface area contributed by atoms with Crippen LogP contribution in [0.2, 0.25) is 0 Å². The second-order valence-electron chi connectivity index (χ2n) is 8.18. The van der Waals surface area contributed by atoms with Gasteiger partial charge in [0.05, 0.1) is 18.1 Å². The Labute approximate surface area is 169 Å². The van der Waals surface area contributed by atoms with Gasteiger partial charge >= 0.3 is 0 Å². The van der Waals surface area contributed by atoms with E-state index in [1.807, 2.05) is 12.4 Å². The molecule has 28 heavy (non-hydrogen) atoms. The van der Waals surface area contributed by atoms with Crippen LogP contribution in [0.4, 0.5) is 11.5 Å². The van der Waals surface area contributed by atoms with Crippen LogP contribution >= 0.6 is 0 Å². The van der Waals surface area contributed by atoms with Crippen molar-refractivity contribution in [3.8, 4) is 0 Å². The van der Waals surface area contributed by atoms with Gasteiger partial charge in [-0.05, 0) is 74.7 Å². The first kappa shape index (κ1) is 19.2. The van der Waals surface area contributed by atoms with Gasteiger partial charge in [-0.3, -0.25) is 4.98 Å². The smallest absolute Gasteiger partial charge is 0.147 e. The van der Waals surface area contributed by atoms with Gasteiger partial charge < -0.3 is 15.5 Å². The van der Waals surface area contributed by atoms with Crippen molar-refractivity contribution in [2.24, 2.45) is 5.92 Å². The van der Waals surface area contributed by atoms with E-state index in [9.17, 15) is 0 Å². The van der Waals surface area contributed by atoms with E-state index in [-0.39, 0.29) is 0 Å². The molecule has 1 aromatic heterocycles. The minimum atomic E-state index is 0.725. The number of aromatic nitrogens is 2. The van der Waals surface area contributed by atoms with Gasteiger partial charge in [-0.25, -0.2) is 4.98 Å². The minimum absolute atomic E-state index is 0.725. The number of rotatable bonds is 6. The van der Waals surface area contributed by atoms with Crippen molar-refractivity contribution >= 4 is 11.5 Å². The molecule has 0 spiro atoms. The second kappa shape index (κ2) is 9.37. The zero-order valence-corrected chi connectivity index (χ0v) is 17.0. The first-order valence-electron chi connectivity index (χ1n) is 10.9. The molecular weight excluding hydrogens is 346 g/mol. The zero-order chi connectivity index (χ0) is 19.2. The van der Waals surface area contributed by atoms with Crippen molar-refractivity contribution in [1.29, 1.82) is 0 Å². The summed E-state index contributed by atoms with van der Waals surface area (Å²) in [5.74, 6) is 2.48. The van der Waals surface area contributed by atoms with Crippen molar-refractivity contribution in [2.45, 2.75) is 44.9 Å². The van der Waals surface area contributed by atoms with Crippen LogP contribution in [0.3, 0.4) is 0 Å². The third-order valence-corrected chi connectivity index (χ3v) is 6.31. The lowest BCUT2D eigenvalue weighted by molar-refractivity contribution is 0.421. The van der Waals surface area contributed by atoms with Crippen LogP contribution in [0.15, 0.2) is 36.7 Å². The van der Waals surface area contributed by atoms with Gasteiger partial charge in [0, 0.05) is 25.3 Å². The summed E-state index contributed by atoms with van der Waals surface area (Å²) in [7, 11) is 0. The molecule has 1 aromatic carbocycles. The molecule has 0 aliphatic carbocycles. The molecule has 4 rings (SSSR count). The van der Waals surface area contributed by atoms with E-state index in [1.165, 1.54) is 36.9 Å². The zero-order valence-electron chi connectivity index (χ0n) is 17.0. The van der Waals surface area contributed by atoms with E-state index in [1.54, 1.807) is 0 Å². The maximum atomic E-state index is 4.58. The fourth-order valence-electron chi connectivity index (χ4n) is 4.35. The highest BCUT2D eigenvalue weighted by molar-refractivity contribution is 5.45. The Kier molecular flexibility index (Phi) is 6.42. The van der Waals surface area contributed by atoms with Crippen molar-refractivity contribution in [3.05, 3.63) is 47.9 Å². The van der Waals surface area contributed by atoms with Crippen LogP contribution in [0.5, 0.6) is 0 Å². The number of aryl methyl sites for hydroxylation is 1. The molecule has 0 atom stereocenters. The summed E-state index contributed by atoms with van der Waals surface area (Å²) in [5.41, 5.74) is 3.81. The number of hydrogen-bond acceptors (Lipinski definition) is 5. The Hall–Kier alpha value is -2.14. The summed E-state index contributed by atoms with van der Waals surface area (Å²) in [6.45, 7) is 7.61. The number of nitrogens with one attached hydrogen (secondary N) is 2. The Morgan fingerprint density at radius 3 is 2.39 bits per heavy atom. The predicted molar refractivity (Wildman–Crippen MR) is 116 cm³/mol. The summed E-state index contributed by atoms with van der Waals surface area (Å²) < 4.78 is 0. The lowest BCUT2D eigenvalue weighted by Gasteiger charge is -2.32. The van der Waals surface area contributed by atoms with E-state index in [4.69, 9.17) is 0 Å².